The molecule has 252 valence electrons. The molecule has 0 spiro atoms. The maximum atomic E-state index is 13.5. The number of ether oxygens (including phenoxy) is 3. The van der Waals surface area contributed by atoms with Crippen molar-refractivity contribution in [3.63, 3.8) is 0 Å². The molecule has 22 nitrogen and oxygen atoms in total. The quantitative estimate of drug-likeness (QED) is 0.0363. The number of nitrogens with one attached hydrogen (secondary N) is 2. The maximum Gasteiger partial charge on any atom is 0.454 e. The molecule has 3 heterocycles. The summed E-state index contributed by atoms with van der Waals surface area (Å²) in [6.07, 6.45) is -5.18. The SMILES string of the molecule is Cc1c(N)c(O)c(OC(N)(O)O)c(Oc2c(NS(=O)(=O)c3[nH]c(=O)c(C)c(O)c3O)nc(-c3ccncc3)nc2OC(O)(O)O)c1O. The average Bonchev–Trinajstić information content (AvgIpc) is 2.97. The van der Waals surface area contributed by atoms with Crippen molar-refractivity contribution >= 4 is 21.5 Å². The third-order valence-corrected chi connectivity index (χ3v) is 7.27. The van der Waals surface area contributed by atoms with Crippen molar-refractivity contribution < 1.29 is 68.6 Å². The molecule has 0 aliphatic heterocycles. The van der Waals surface area contributed by atoms with Gasteiger partial charge in [-0.3, -0.25) is 14.5 Å². The predicted octanol–water partition coefficient (Wildman–Crippen LogP) is -2.26. The lowest BCUT2D eigenvalue weighted by Crippen LogP contribution is -2.45. The van der Waals surface area contributed by atoms with Crippen LogP contribution in [0.1, 0.15) is 11.1 Å². The van der Waals surface area contributed by atoms with Crippen LogP contribution in [0.3, 0.4) is 0 Å². The van der Waals surface area contributed by atoms with Gasteiger partial charge in [0, 0.05) is 23.5 Å². The third-order valence-electron chi connectivity index (χ3n) is 5.98. The van der Waals surface area contributed by atoms with Gasteiger partial charge in [-0.1, -0.05) is 0 Å². The largest absolute Gasteiger partial charge is 0.504 e. The van der Waals surface area contributed by atoms with E-state index in [1.54, 1.807) is 4.72 Å². The number of nitrogen functional groups attached to an aromatic ring is 1. The number of hydrogen-bond donors (Lipinski definition) is 13. The number of phenols is 2. The highest BCUT2D eigenvalue weighted by atomic mass is 32.2. The van der Waals surface area contributed by atoms with Gasteiger partial charge in [-0.05, 0) is 26.0 Å². The molecule has 0 fully saturated rings. The van der Waals surface area contributed by atoms with Crippen molar-refractivity contribution in [2.75, 3.05) is 10.5 Å². The number of hydrogen-bond acceptors (Lipinski definition) is 20. The summed E-state index contributed by atoms with van der Waals surface area (Å²) < 4.78 is 43.5. The second-order valence-electron chi connectivity index (χ2n) is 9.41. The molecule has 0 aliphatic rings. The van der Waals surface area contributed by atoms with Crippen LogP contribution >= 0.6 is 0 Å². The van der Waals surface area contributed by atoms with Crippen molar-refractivity contribution in [2.24, 2.45) is 5.73 Å². The molecule has 23 heteroatoms. The zero-order valence-electron chi connectivity index (χ0n) is 23.7. The minimum Gasteiger partial charge on any atom is -0.504 e. The van der Waals surface area contributed by atoms with Crippen LogP contribution in [0, 0.1) is 13.8 Å². The van der Waals surface area contributed by atoms with E-state index in [0.29, 0.717) is 0 Å². The lowest BCUT2D eigenvalue weighted by Gasteiger charge is -2.24. The highest BCUT2D eigenvalue weighted by Gasteiger charge is 2.35. The standard InChI is InChI=1S/C24H25N7O15S/c1-7-10(25)13(34)16(45-23(26,37)38)15(12(7)33)44-17-19(31-47(42,43)22-14(35)11(32)8(2)20(36)30-22)28-18(9-3-5-27-6-4-9)29-21(17)46-24(39,40)41/h3-6,33-35,37-41H,25-26H2,1-2H3,(H,28,29,31)(H2,30,32,36). The number of pyridine rings is 2. The van der Waals surface area contributed by atoms with E-state index >= 15 is 0 Å². The minimum absolute atomic E-state index is 0.0434. The number of aliphatic hydroxyl groups is 5. The van der Waals surface area contributed by atoms with E-state index in [0.717, 1.165) is 13.8 Å². The molecular formula is C24H25N7O15S. The minimum atomic E-state index is -5.26. The molecule has 15 N–H and O–H groups in total. The van der Waals surface area contributed by atoms with Gasteiger partial charge in [0.15, 0.2) is 34.6 Å². The summed E-state index contributed by atoms with van der Waals surface area (Å²) in [5.74, 6) is -11.0. The second-order valence-corrected chi connectivity index (χ2v) is 11.0. The summed E-state index contributed by atoms with van der Waals surface area (Å²) in [7, 11) is -5.26. The van der Waals surface area contributed by atoms with Crippen LogP contribution in [0.15, 0.2) is 34.3 Å². The van der Waals surface area contributed by atoms with E-state index in [9.17, 15) is 59.2 Å². The van der Waals surface area contributed by atoms with E-state index in [1.807, 2.05) is 4.98 Å². The number of aromatic amines is 1. The number of nitrogens with zero attached hydrogens (tertiary/aromatic N) is 3. The number of anilines is 2. The molecule has 3 aromatic heterocycles. The molecule has 47 heavy (non-hydrogen) atoms. The van der Waals surface area contributed by atoms with Crippen LogP contribution < -0.4 is 36.0 Å². The molecule has 0 bridgehead atoms. The first kappa shape index (κ1) is 34.2. The van der Waals surface area contributed by atoms with Crippen molar-refractivity contribution in [1.29, 1.82) is 0 Å². The van der Waals surface area contributed by atoms with Gasteiger partial charge in [0.1, 0.15) is 0 Å². The van der Waals surface area contributed by atoms with Crippen LogP contribution in [0.4, 0.5) is 11.5 Å². The Kier molecular flexibility index (Phi) is 8.67. The molecule has 4 rings (SSSR count). The number of aromatic nitrogens is 4. The molecule has 0 radical (unpaired) electrons. The zero-order chi connectivity index (χ0) is 35.2. The predicted molar refractivity (Wildman–Crippen MR) is 152 cm³/mol. The van der Waals surface area contributed by atoms with Crippen LogP contribution in [0.5, 0.6) is 46.1 Å². The smallest absolute Gasteiger partial charge is 0.454 e. The molecule has 0 atom stereocenters. The Morgan fingerprint density at radius 1 is 0.851 bits per heavy atom. The van der Waals surface area contributed by atoms with Crippen LogP contribution in [0.2, 0.25) is 0 Å². The van der Waals surface area contributed by atoms with Gasteiger partial charge in [-0.15, -0.1) is 0 Å². The lowest BCUT2D eigenvalue weighted by molar-refractivity contribution is -0.420. The van der Waals surface area contributed by atoms with Crippen molar-refractivity contribution in [3.05, 3.63) is 46.0 Å². The zero-order valence-corrected chi connectivity index (χ0v) is 24.5. The molecule has 0 saturated heterocycles. The lowest BCUT2D eigenvalue weighted by atomic mass is 10.1. The van der Waals surface area contributed by atoms with Crippen molar-refractivity contribution in [2.45, 2.75) is 31.1 Å². The number of H-pyrrole nitrogens is 1. The summed E-state index contributed by atoms with van der Waals surface area (Å²) in [5, 5.41) is 88.8. The van der Waals surface area contributed by atoms with Gasteiger partial charge in [0.2, 0.25) is 22.3 Å². The number of benzene rings is 1. The normalized spacial score (nSPS) is 12.1. The van der Waals surface area contributed by atoms with E-state index in [-0.39, 0.29) is 11.1 Å². The summed E-state index contributed by atoms with van der Waals surface area (Å²) >= 11 is 0. The van der Waals surface area contributed by atoms with Crippen LogP contribution in [-0.2, 0) is 10.0 Å². The van der Waals surface area contributed by atoms with E-state index in [2.05, 4.69) is 24.4 Å². The van der Waals surface area contributed by atoms with Gasteiger partial charge < -0.3 is 70.9 Å². The fourth-order valence-electron chi connectivity index (χ4n) is 3.70. The Bertz CT molecular complexity index is 2030. The number of sulfonamides is 1. The van der Waals surface area contributed by atoms with Gasteiger partial charge in [-0.2, -0.15) is 13.4 Å². The third kappa shape index (κ3) is 7.10. The van der Waals surface area contributed by atoms with Gasteiger partial charge >= 0.3 is 12.3 Å². The summed E-state index contributed by atoms with van der Waals surface area (Å²) in [6, 6.07) is 2.57. The van der Waals surface area contributed by atoms with Crippen molar-refractivity contribution in [1.82, 2.24) is 19.9 Å². The maximum absolute atomic E-state index is 13.5. The molecule has 0 amide bonds. The summed E-state index contributed by atoms with van der Waals surface area (Å²) in [4.78, 5) is 25.7. The van der Waals surface area contributed by atoms with Crippen molar-refractivity contribution in [3.8, 4) is 57.5 Å². The molecule has 1 aromatic carbocycles. The molecule has 0 saturated carbocycles. The second kappa shape index (κ2) is 11.9. The summed E-state index contributed by atoms with van der Waals surface area (Å²) in [5.41, 5.74) is 8.25. The van der Waals surface area contributed by atoms with Crippen LogP contribution in [-0.4, -0.2) is 86.6 Å². The topological polar surface area (TPSA) is 380 Å². The fourth-order valence-corrected chi connectivity index (χ4v) is 4.77. The highest BCUT2D eigenvalue weighted by molar-refractivity contribution is 7.92. The molecule has 0 unspecified atom stereocenters. The number of nitrogens with two attached hydrogens (primary N) is 2. The first-order valence-corrected chi connectivity index (χ1v) is 13.9. The Morgan fingerprint density at radius 2 is 1.47 bits per heavy atom. The van der Waals surface area contributed by atoms with E-state index < -0.39 is 102 Å². The Morgan fingerprint density at radius 3 is 2.04 bits per heavy atom. The van der Waals surface area contributed by atoms with Gasteiger partial charge in [0.05, 0.1) is 11.3 Å². The Labute approximate surface area is 261 Å². The van der Waals surface area contributed by atoms with Crippen LogP contribution in [0.25, 0.3) is 11.4 Å². The molecule has 0 aliphatic carbocycles. The average molecular weight is 684 g/mol. The van der Waals surface area contributed by atoms with Gasteiger partial charge in [-0.25, -0.2) is 10.7 Å². The van der Waals surface area contributed by atoms with Gasteiger partial charge in [0.25, 0.3) is 21.5 Å². The monoisotopic (exact) mass is 683 g/mol. The fraction of sp³-hybridized carbons (Fsp3) is 0.167. The number of rotatable bonds is 10. The first-order chi connectivity index (χ1) is 21.6. The van der Waals surface area contributed by atoms with E-state index in [4.69, 9.17) is 16.2 Å². The Balaban J connectivity index is 2.07. The molecule has 4 aromatic rings. The first-order valence-electron chi connectivity index (χ1n) is 12.4. The van der Waals surface area contributed by atoms with E-state index in [1.165, 1.54) is 24.5 Å². The number of aromatic hydroxyl groups is 4. The Hall–Kier alpha value is -5.69. The molecular weight excluding hydrogens is 658 g/mol. The highest BCUT2D eigenvalue weighted by Crippen LogP contribution is 2.54. The summed E-state index contributed by atoms with van der Waals surface area (Å²) in [6.45, 7) is 2.19. The number of phenolic OH excluding ortho intramolecular Hbond substituents is 2.